The normalized spacial score (nSPS) is 11.1. The number of carbonyl (C=O) groups is 2. The number of rotatable bonds is 4. The van der Waals surface area contributed by atoms with E-state index < -0.39 is 5.97 Å². The maximum Gasteiger partial charge on any atom is 0.340 e. The first-order valence-electron chi connectivity index (χ1n) is 7.87. The van der Waals surface area contributed by atoms with Gasteiger partial charge in [0.25, 0.3) is 0 Å². The molecule has 5 heteroatoms. The molecule has 0 saturated carbocycles. The minimum atomic E-state index is -0.468. The quantitative estimate of drug-likeness (QED) is 0.450. The highest BCUT2D eigenvalue weighted by atomic mass is 16.5. The molecule has 124 valence electrons. The highest BCUT2D eigenvalue weighted by Gasteiger charge is 2.22. The van der Waals surface area contributed by atoms with Gasteiger partial charge in [-0.2, -0.15) is 0 Å². The average Bonchev–Trinajstić information content (AvgIpc) is 3.22. The van der Waals surface area contributed by atoms with Crippen LogP contribution in [0.2, 0.25) is 0 Å². The minimum Gasteiger partial charge on any atom is -0.465 e. The Labute approximate surface area is 143 Å². The van der Waals surface area contributed by atoms with Gasteiger partial charge in [-0.1, -0.05) is 36.4 Å². The van der Waals surface area contributed by atoms with Crippen LogP contribution in [0.15, 0.2) is 59.0 Å². The molecule has 0 spiro atoms. The molecule has 0 fully saturated rings. The van der Waals surface area contributed by atoms with Crippen molar-refractivity contribution in [1.29, 1.82) is 0 Å². The van der Waals surface area contributed by atoms with Crippen LogP contribution in [0.3, 0.4) is 0 Å². The lowest BCUT2D eigenvalue weighted by Gasteiger charge is -2.02. The zero-order chi connectivity index (χ0) is 17.4. The van der Waals surface area contributed by atoms with Crippen LogP contribution in [0.25, 0.3) is 21.9 Å². The third-order valence-electron chi connectivity index (χ3n) is 4.21. The second kappa shape index (κ2) is 5.94. The van der Waals surface area contributed by atoms with Gasteiger partial charge in [-0.05, 0) is 18.2 Å². The molecule has 2 aromatic heterocycles. The van der Waals surface area contributed by atoms with Crippen LogP contribution >= 0.6 is 0 Å². The Kier molecular flexibility index (Phi) is 3.61. The van der Waals surface area contributed by atoms with Crippen LogP contribution in [-0.4, -0.2) is 23.8 Å². The standard InChI is InChI=1S/C20H15NO4/c1-24-20(23)19-13-7-3-4-8-14(13)21-15(19)11-16(22)18-10-12-6-2-5-9-17(12)25-18/h2-10,21H,11H2,1H3. The minimum absolute atomic E-state index is 0.0267. The summed E-state index contributed by atoms with van der Waals surface area (Å²) in [5.74, 6) is -0.395. The number of ether oxygens (including phenoxy) is 1. The number of fused-ring (bicyclic) bond motifs is 2. The highest BCUT2D eigenvalue weighted by molar-refractivity contribution is 6.07. The smallest absolute Gasteiger partial charge is 0.340 e. The summed E-state index contributed by atoms with van der Waals surface area (Å²) in [6.07, 6.45) is 0.0267. The average molecular weight is 333 g/mol. The van der Waals surface area contributed by atoms with E-state index in [0.717, 1.165) is 16.3 Å². The van der Waals surface area contributed by atoms with E-state index in [1.807, 2.05) is 48.5 Å². The largest absolute Gasteiger partial charge is 0.465 e. The lowest BCUT2D eigenvalue weighted by molar-refractivity contribution is 0.0602. The molecule has 0 unspecified atom stereocenters. The van der Waals surface area contributed by atoms with Gasteiger partial charge in [-0.15, -0.1) is 0 Å². The van der Waals surface area contributed by atoms with Crippen molar-refractivity contribution in [2.75, 3.05) is 7.11 Å². The summed E-state index contributed by atoms with van der Waals surface area (Å²) in [6.45, 7) is 0. The molecule has 4 rings (SSSR count). The molecule has 2 heterocycles. The Morgan fingerprint density at radius 3 is 2.64 bits per heavy atom. The van der Waals surface area contributed by atoms with E-state index in [2.05, 4.69) is 4.98 Å². The Bertz CT molecular complexity index is 1070. The molecule has 2 aromatic carbocycles. The van der Waals surface area contributed by atoms with Gasteiger partial charge in [0, 0.05) is 22.0 Å². The number of benzene rings is 2. The van der Waals surface area contributed by atoms with Crippen LogP contribution in [-0.2, 0) is 11.2 Å². The molecule has 25 heavy (non-hydrogen) atoms. The van der Waals surface area contributed by atoms with Gasteiger partial charge >= 0.3 is 5.97 Å². The van der Waals surface area contributed by atoms with Crippen molar-refractivity contribution in [3.05, 3.63) is 71.6 Å². The Morgan fingerprint density at radius 2 is 1.84 bits per heavy atom. The van der Waals surface area contributed by atoms with Crippen molar-refractivity contribution < 1.29 is 18.7 Å². The fourth-order valence-corrected chi connectivity index (χ4v) is 3.03. The van der Waals surface area contributed by atoms with E-state index in [4.69, 9.17) is 9.15 Å². The molecule has 4 aromatic rings. The van der Waals surface area contributed by atoms with Crippen molar-refractivity contribution in [2.45, 2.75) is 6.42 Å². The van der Waals surface area contributed by atoms with Crippen molar-refractivity contribution in [3.63, 3.8) is 0 Å². The molecule has 1 N–H and O–H groups in total. The van der Waals surface area contributed by atoms with Crippen molar-refractivity contribution in [1.82, 2.24) is 4.98 Å². The van der Waals surface area contributed by atoms with E-state index in [0.29, 0.717) is 16.8 Å². The number of aromatic nitrogens is 1. The highest BCUT2D eigenvalue weighted by Crippen LogP contribution is 2.25. The third kappa shape index (κ3) is 2.59. The van der Waals surface area contributed by atoms with E-state index >= 15 is 0 Å². The van der Waals surface area contributed by atoms with Gasteiger partial charge in [0.2, 0.25) is 5.78 Å². The number of para-hydroxylation sites is 2. The van der Waals surface area contributed by atoms with Crippen molar-refractivity contribution >= 4 is 33.6 Å². The number of ketones is 1. The number of methoxy groups -OCH3 is 1. The fraction of sp³-hybridized carbons (Fsp3) is 0.100. The molecule has 5 nitrogen and oxygen atoms in total. The van der Waals surface area contributed by atoms with Gasteiger partial charge < -0.3 is 14.1 Å². The van der Waals surface area contributed by atoms with E-state index in [1.54, 1.807) is 6.07 Å². The maximum absolute atomic E-state index is 12.7. The van der Waals surface area contributed by atoms with Gasteiger partial charge in [0.05, 0.1) is 19.1 Å². The lowest BCUT2D eigenvalue weighted by atomic mass is 10.1. The molecule has 0 aliphatic carbocycles. The Hall–Kier alpha value is -3.34. The monoisotopic (exact) mass is 333 g/mol. The second-order valence-electron chi connectivity index (χ2n) is 5.76. The van der Waals surface area contributed by atoms with Gasteiger partial charge in [0.1, 0.15) is 5.58 Å². The summed E-state index contributed by atoms with van der Waals surface area (Å²) in [4.78, 5) is 28.0. The molecule has 0 atom stereocenters. The number of furan rings is 1. The topological polar surface area (TPSA) is 72.3 Å². The number of carbonyl (C=O) groups excluding carboxylic acids is 2. The summed E-state index contributed by atoms with van der Waals surface area (Å²) in [6, 6.07) is 16.6. The number of H-pyrrole nitrogens is 1. The van der Waals surface area contributed by atoms with Crippen LogP contribution < -0.4 is 0 Å². The summed E-state index contributed by atoms with van der Waals surface area (Å²) in [5, 5.41) is 1.61. The molecule has 0 amide bonds. The lowest BCUT2D eigenvalue weighted by Crippen LogP contribution is -2.09. The fourth-order valence-electron chi connectivity index (χ4n) is 3.03. The van der Waals surface area contributed by atoms with Crippen LogP contribution in [0.5, 0.6) is 0 Å². The number of esters is 1. The Morgan fingerprint density at radius 1 is 1.08 bits per heavy atom. The van der Waals surface area contributed by atoms with Gasteiger partial charge in [-0.3, -0.25) is 4.79 Å². The van der Waals surface area contributed by atoms with Gasteiger partial charge in [0.15, 0.2) is 5.76 Å². The van der Waals surface area contributed by atoms with Crippen molar-refractivity contribution in [2.24, 2.45) is 0 Å². The molecule has 0 saturated heterocycles. The first-order valence-corrected chi connectivity index (χ1v) is 7.87. The van der Waals surface area contributed by atoms with E-state index in [9.17, 15) is 9.59 Å². The summed E-state index contributed by atoms with van der Waals surface area (Å²) < 4.78 is 10.5. The SMILES string of the molecule is COC(=O)c1c(CC(=O)c2cc3ccccc3o2)[nH]c2ccccc12. The number of Topliss-reactive ketones (excluding diaryl/α,β-unsaturated/α-hetero) is 1. The van der Waals surface area contributed by atoms with Gasteiger partial charge in [-0.25, -0.2) is 4.79 Å². The van der Waals surface area contributed by atoms with Crippen LogP contribution in [0, 0.1) is 0 Å². The molecular formula is C20H15NO4. The summed E-state index contributed by atoms with van der Waals surface area (Å²) in [5.41, 5.74) is 2.37. The van der Waals surface area contributed by atoms with E-state index in [-0.39, 0.29) is 18.0 Å². The summed E-state index contributed by atoms with van der Waals surface area (Å²) >= 11 is 0. The summed E-state index contributed by atoms with van der Waals surface area (Å²) in [7, 11) is 1.33. The predicted molar refractivity (Wildman–Crippen MR) is 93.9 cm³/mol. The predicted octanol–water partition coefficient (Wildman–Crippen LogP) is 4.13. The zero-order valence-corrected chi connectivity index (χ0v) is 13.5. The number of aromatic amines is 1. The Balaban J connectivity index is 1.74. The molecule has 0 bridgehead atoms. The molecule has 0 aliphatic heterocycles. The number of hydrogen-bond donors (Lipinski definition) is 1. The first-order chi connectivity index (χ1) is 12.2. The second-order valence-corrected chi connectivity index (χ2v) is 5.76. The third-order valence-corrected chi connectivity index (χ3v) is 4.21. The van der Waals surface area contributed by atoms with Crippen LogP contribution in [0.1, 0.15) is 26.6 Å². The number of nitrogens with one attached hydrogen (secondary N) is 1. The molecule has 0 aliphatic rings. The number of hydrogen-bond acceptors (Lipinski definition) is 4. The van der Waals surface area contributed by atoms with Crippen LogP contribution in [0.4, 0.5) is 0 Å². The molecular weight excluding hydrogens is 318 g/mol. The molecule has 0 radical (unpaired) electrons. The maximum atomic E-state index is 12.7. The first kappa shape index (κ1) is 15.2. The van der Waals surface area contributed by atoms with E-state index in [1.165, 1.54) is 7.11 Å². The zero-order valence-electron chi connectivity index (χ0n) is 13.5. The van der Waals surface area contributed by atoms with Crippen molar-refractivity contribution in [3.8, 4) is 0 Å².